The first kappa shape index (κ1) is 14.4. The predicted molar refractivity (Wildman–Crippen MR) is 82.1 cm³/mol. The van der Waals surface area contributed by atoms with E-state index >= 15 is 0 Å². The molecule has 3 heterocycles. The maximum atomic E-state index is 11.3. The lowest BCUT2D eigenvalue weighted by Crippen LogP contribution is -2.05. The number of aryl methyl sites for hydroxylation is 1. The molecule has 6 nitrogen and oxygen atoms in total. The summed E-state index contributed by atoms with van der Waals surface area (Å²) in [5.41, 5.74) is 1.11. The van der Waals surface area contributed by atoms with Gasteiger partial charge in [0.15, 0.2) is 0 Å². The molecule has 0 fully saturated rings. The number of pyridine rings is 1. The van der Waals surface area contributed by atoms with Gasteiger partial charge in [-0.05, 0) is 24.4 Å². The summed E-state index contributed by atoms with van der Waals surface area (Å²) in [4.78, 5) is 25.0. The van der Waals surface area contributed by atoms with Gasteiger partial charge in [0.1, 0.15) is 23.0 Å². The molecule has 0 aliphatic heterocycles. The number of esters is 1. The first-order valence-corrected chi connectivity index (χ1v) is 7.43. The third-order valence-corrected chi connectivity index (χ3v) is 3.80. The summed E-state index contributed by atoms with van der Waals surface area (Å²) < 4.78 is 10.4. The van der Waals surface area contributed by atoms with Crippen molar-refractivity contribution in [1.82, 2.24) is 15.0 Å². The molecule has 0 saturated carbocycles. The smallest absolute Gasteiger partial charge is 0.356 e. The fraction of sp³-hybridized carbons (Fsp3) is 0.200. The van der Waals surface area contributed by atoms with Crippen LogP contribution in [0.3, 0.4) is 0 Å². The van der Waals surface area contributed by atoms with Crippen LogP contribution in [0.1, 0.15) is 21.9 Å². The summed E-state index contributed by atoms with van der Waals surface area (Å²) in [5, 5.41) is 2.85. The average Bonchev–Trinajstić information content (AvgIpc) is 3.00. The van der Waals surface area contributed by atoms with E-state index in [-0.39, 0.29) is 5.69 Å². The SMILES string of the molecule is COC(=O)c1ccc(COc2nc(C)nc3sccc23)cn1. The minimum atomic E-state index is -0.459. The second-order valence-electron chi connectivity index (χ2n) is 4.55. The summed E-state index contributed by atoms with van der Waals surface area (Å²) in [6, 6.07) is 5.32. The van der Waals surface area contributed by atoms with Crippen molar-refractivity contribution < 1.29 is 14.3 Å². The van der Waals surface area contributed by atoms with Gasteiger partial charge in [-0.1, -0.05) is 6.07 Å². The molecule has 0 aromatic carbocycles. The zero-order valence-electron chi connectivity index (χ0n) is 12.1. The van der Waals surface area contributed by atoms with E-state index < -0.39 is 5.97 Å². The second-order valence-corrected chi connectivity index (χ2v) is 5.44. The van der Waals surface area contributed by atoms with Gasteiger partial charge in [0.05, 0.1) is 12.5 Å². The molecule has 22 heavy (non-hydrogen) atoms. The van der Waals surface area contributed by atoms with Gasteiger partial charge < -0.3 is 9.47 Å². The predicted octanol–water partition coefficient (Wildman–Crippen LogP) is 2.76. The molecule has 0 spiro atoms. The summed E-state index contributed by atoms with van der Waals surface area (Å²) in [6.07, 6.45) is 1.59. The average molecular weight is 315 g/mol. The van der Waals surface area contributed by atoms with Crippen LogP contribution in [0.4, 0.5) is 0 Å². The normalized spacial score (nSPS) is 10.6. The van der Waals surface area contributed by atoms with Crippen LogP contribution in [-0.2, 0) is 11.3 Å². The zero-order chi connectivity index (χ0) is 15.5. The fourth-order valence-corrected chi connectivity index (χ4v) is 2.73. The molecule has 7 heteroatoms. The molecular weight excluding hydrogens is 302 g/mol. The van der Waals surface area contributed by atoms with Crippen molar-refractivity contribution in [2.75, 3.05) is 7.11 Å². The third kappa shape index (κ3) is 2.89. The summed E-state index contributed by atoms with van der Waals surface area (Å²) in [6.45, 7) is 2.15. The van der Waals surface area contributed by atoms with E-state index in [1.54, 1.807) is 29.7 Å². The van der Waals surface area contributed by atoms with Crippen LogP contribution in [0.15, 0.2) is 29.8 Å². The number of hydrogen-bond donors (Lipinski definition) is 0. The van der Waals surface area contributed by atoms with Crippen LogP contribution in [0.25, 0.3) is 10.2 Å². The number of nitrogens with zero attached hydrogens (tertiary/aromatic N) is 3. The number of thiophene rings is 1. The van der Waals surface area contributed by atoms with Crippen LogP contribution in [-0.4, -0.2) is 28.0 Å². The minimum absolute atomic E-state index is 0.268. The molecule has 0 unspecified atom stereocenters. The van der Waals surface area contributed by atoms with Gasteiger partial charge in [-0.15, -0.1) is 11.3 Å². The van der Waals surface area contributed by atoms with Crippen LogP contribution in [0.5, 0.6) is 5.88 Å². The van der Waals surface area contributed by atoms with Crippen molar-refractivity contribution in [3.8, 4) is 5.88 Å². The standard InChI is InChI=1S/C15H13N3O3S/c1-9-17-13(11-5-6-22-14(11)18-9)21-8-10-3-4-12(16-7-10)15(19)20-2/h3-7H,8H2,1-2H3. The van der Waals surface area contributed by atoms with Crippen LogP contribution in [0.2, 0.25) is 0 Å². The van der Waals surface area contributed by atoms with E-state index in [4.69, 9.17) is 4.74 Å². The molecule has 0 aliphatic carbocycles. The largest absolute Gasteiger partial charge is 0.472 e. The molecule has 0 atom stereocenters. The summed E-state index contributed by atoms with van der Waals surface area (Å²) in [7, 11) is 1.32. The molecule has 0 aliphatic rings. The first-order chi connectivity index (χ1) is 10.7. The molecule has 3 aromatic rings. The van der Waals surface area contributed by atoms with Gasteiger partial charge in [0.25, 0.3) is 0 Å². The van der Waals surface area contributed by atoms with E-state index in [2.05, 4.69) is 19.7 Å². The van der Waals surface area contributed by atoms with Gasteiger partial charge in [0, 0.05) is 11.8 Å². The Bertz CT molecular complexity index is 815. The molecular formula is C15H13N3O3S. The first-order valence-electron chi connectivity index (χ1n) is 6.55. The third-order valence-electron chi connectivity index (χ3n) is 3.00. The number of methoxy groups -OCH3 is 1. The summed E-state index contributed by atoms with van der Waals surface area (Å²) >= 11 is 1.55. The van der Waals surface area contributed by atoms with Gasteiger partial charge in [-0.2, -0.15) is 4.98 Å². The number of rotatable bonds is 4. The number of aromatic nitrogens is 3. The van der Waals surface area contributed by atoms with Gasteiger partial charge >= 0.3 is 5.97 Å². The van der Waals surface area contributed by atoms with E-state index in [1.807, 2.05) is 18.4 Å². The van der Waals surface area contributed by atoms with E-state index in [1.165, 1.54) is 7.11 Å². The van der Waals surface area contributed by atoms with Crippen molar-refractivity contribution in [2.24, 2.45) is 0 Å². The van der Waals surface area contributed by atoms with Crippen molar-refractivity contribution in [1.29, 1.82) is 0 Å². The lowest BCUT2D eigenvalue weighted by Gasteiger charge is -2.07. The van der Waals surface area contributed by atoms with Gasteiger partial charge in [-0.3, -0.25) is 0 Å². The number of ether oxygens (including phenoxy) is 2. The molecule has 0 N–H and O–H groups in total. The van der Waals surface area contributed by atoms with E-state index in [0.717, 1.165) is 15.8 Å². The molecule has 112 valence electrons. The Labute approximate surface area is 130 Å². The van der Waals surface area contributed by atoms with Crippen LogP contribution in [0, 0.1) is 6.92 Å². The number of hydrogen-bond acceptors (Lipinski definition) is 7. The lowest BCUT2D eigenvalue weighted by molar-refractivity contribution is 0.0594. The minimum Gasteiger partial charge on any atom is -0.472 e. The highest BCUT2D eigenvalue weighted by molar-refractivity contribution is 7.16. The Morgan fingerprint density at radius 1 is 1.27 bits per heavy atom. The lowest BCUT2D eigenvalue weighted by atomic mass is 10.2. The number of fused-ring (bicyclic) bond motifs is 1. The topological polar surface area (TPSA) is 74.2 Å². The highest BCUT2D eigenvalue weighted by Gasteiger charge is 2.10. The Kier molecular flexibility index (Phi) is 3.97. The zero-order valence-corrected chi connectivity index (χ0v) is 12.9. The molecule has 0 amide bonds. The van der Waals surface area contributed by atoms with Gasteiger partial charge in [0.2, 0.25) is 5.88 Å². The maximum absolute atomic E-state index is 11.3. The van der Waals surface area contributed by atoms with Crippen LogP contribution < -0.4 is 4.74 Å². The molecule has 3 rings (SSSR count). The van der Waals surface area contributed by atoms with Crippen molar-refractivity contribution in [3.05, 3.63) is 46.9 Å². The molecule has 0 bridgehead atoms. The van der Waals surface area contributed by atoms with Crippen molar-refractivity contribution >= 4 is 27.5 Å². The van der Waals surface area contributed by atoms with E-state index in [9.17, 15) is 4.79 Å². The van der Waals surface area contributed by atoms with E-state index in [0.29, 0.717) is 18.3 Å². The van der Waals surface area contributed by atoms with Crippen molar-refractivity contribution in [3.63, 3.8) is 0 Å². The van der Waals surface area contributed by atoms with Gasteiger partial charge in [-0.25, -0.2) is 14.8 Å². The Morgan fingerprint density at radius 2 is 2.14 bits per heavy atom. The number of carbonyl (C=O) groups excluding carboxylic acids is 1. The van der Waals surface area contributed by atoms with Crippen LogP contribution >= 0.6 is 11.3 Å². The van der Waals surface area contributed by atoms with Crippen molar-refractivity contribution in [2.45, 2.75) is 13.5 Å². The maximum Gasteiger partial charge on any atom is 0.356 e. The highest BCUT2D eigenvalue weighted by Crippen LogP contribution is 2.27. The molecule has 3 aromatic heterocycles. The second kappa shape index (κ2) is 6.07. The monoisotopic (exact) mass is 315 g/mol. The number of carbonyl (C=O) groups is 1. The summed E-state index contributed by atoms with van der Waals surface area (Å²) in [5.74, 6) is 0.767. The quantitative estimate of drug-likeness (QED) is 0.689. The highest BCUT2D eigenvalue weighted by atomic mass is 32.1. The Hall–Kier alpha value is -2.54. The Morgan fingerprint density at radius 3 is 2.86 bits per heavy atom. The Balaban J connectivity index is 1.76. The molecule has 0 radical (unpaired) electrons. The molecule has 0 saturated heterocycles. The fourth-order valence-electron chi connectivity index (χ4n) is 1.93.